The van der Waals surface area contributed by atoms with E-state index in [9.17, 15) is 4.79 Å². The van der Waals surface area contributed by atoms with Gasteiger partial charge in [-0.1, -0.05) is 28.1 Å². The van der Waals surface area contributed by atoms with Gasteiger partial charge in [-0.2, -0.15) is 0 Å². The molecule has 1 aromatic rings. The summed E-state index contributed by atoms with van der Waals surface area (Å²) in [7, 11) is 0. The van der Waals surface area contributed by atoms with E-state index in [2.05, 4.69) is 21.2 Å². The number of amides is 1. The van der Waals surface area contributed by atoms with Gasteiger partial charge in [-0.25, -0.2) is 4.79 Å². The molecule has 1 aliphatic carbocycles. The zero-order valence-corrected chi connectivity index (χ0v) is 12.1. The molecule has 2 rings (SSSR count). The third-order valence-corrected chi connectivity index (χ3v) is 3.81. The SMILES string of the molecule is C[C@H](NC(=O)OC1CCCC1)c1ccc(Br)cc1. The molecule has 0 saturated heterocycles. The van der Waals surface area contributed by atoms with Crippen molar-refractivity contribution in [2.24, 2.45) is 0 Å². The van der Waals surface area contributed by atoms with Crippen LogP contribution in [0.15, 0.2) is 28.7 Å². The summed E-state index contributed by atoms with van der Waals surface area (Å²) in [6.07, 6.45) is 4.14. The first-order valence-electron chi connectivity index (χ1n) is 6.38. The Kier molecular flexibility index (Phi) is 4.64. The molecule has 1 fully saturated rings. The summed E-state index contributed by atoms with van der Waals surface area (Å²) in [5.41, 5.74) is 1.07. The molecule has 0 bridgehead atoms. The van der Waals surface area contributed by atoms with Gasteiger partial charge in [0.15, 0.2) is 0 Å². The van der Waals surface area contributed by atoms with Crippen LogP contribution in [0.3, 0.4) is 0 Å². The highest BCUT2D eigenvalue weighted by Crippen LogP contribution is 2.21. The third-order valence-electron chi connectivity index (χ3n) is 3.28. The monoisotopic (exact) mass is 311 g/mol. The van der Waals surface area contributed by atoms with Crippen molar-refractivity contribution in [1.82, 2.24) is 5.32 Å². The first-order chi connectivity index (χ1) is 8.65. The zero-order chi connectivity index (χ0) is 13.0. The van der Waals surface area contributed by atoms with Crippen LogP contribution in [-0.2, 0) is 4.74 Å². The second-order valence-corrected chi connectivity index (χ2v) is 5.65. The smallest absolute Gasteiger partial charge is 0.407 e. The molecule has 1 saturated carbocycles. The summed E-state index contributed by atoms with van der Waals surface area (Å²) < 4.78 is 6.40. The maximum Gasteiger partial charge on any atom is 0.407 e. The van der Waals surface area contributed by atoms with Gasteiger partial charge in [0, 0.05) is 4.47 Å². The Bertz CT molecular complexity index is 399. The van der Waals surface area contributed by atoms with Crippen LogP contribution in [-0.4, -0.2) is 12.2 Å². The van der Waals surface area contributed by atoms with Gasteiger partial charge in [0.25, 0.3) is 0 Å². The predicted octanol–water partition coefficient (Wildman–Crippen LogP) is 4.18. The fourth-order valence-electron chi connectivity index (χ4n) is 2.20. The van der Waals surface area contributed by atoms with Crippen LogP contribution in [0, 0.1) is 0 Å². The highest BCUT2D eigenvalue weighted by molar-refractivity contribution is 9.10. The van der Waals surface area contributed by atoms with E-state index in [1.165, 1.54) is 12.8 Å². The summed E-state index contributed by atoms with van der Waals surface area (Å²) in [6, 6.07) is 7.88. The Morgan fingerprint density at radius 3 is 2.56 bits per heavy atom. The summed E-state index contributed by atoms with van der Waals surface area (Å²) >= 11 is 3.39. The minimum absolute atomic E-state index is 0.0352. The number of rotatable bonds is 3. The summed E-state index contributed by atoms with van der Waals surface area (Å²) in [4.78, 5) is 11.7. The highest BCUT2D eigenvalue weighted by atomic mass is 79.9. The van der Waals surface area contributed by atoms with Gasteiger partial charge in [-0.15, -0.1) is 0 Å². The van der Waals surface area contributed by atoms with E-state index in [1.54, 1.807) is 0 Å². The topological polar surface area (TPSA) is 38.3 Å². The standard InChI is InChI=1S/C14H18BrNO2/c1-10(11-6-8-12(15)9-7-11)16-14(17)18-13-4-2-3-5-13/h6-10,13H,2-5H2,1H3,(H,16,17)/t10-/m0/s1. The number of halogens is 1. The van der Waals surface area contributed by atoms with Crippen molar-refractivity contribution in [2.45, 2.75) is 44.8 Å². The minimum Gasteiger partial charge on any atom is -0.446 e. The Labute approximate surface area is 116 Å². The third kappa shape index (κ3) is 3.73. The van der Waals surface area contributed by atoms with Gasteiger partial charge >= 0.3 is 6.09 Å². The van der Waals surface area contributed by atoms with Crippen LogP contribution in [0.5, 0.6) is 0 Å². The van der Waals surface area contributed by atoms with Gasteiger partial charge in [0.2, 0.25) is 0 Å². The second kappa shape index (κ2) is 6.23. The number of carbonyl (C=O) groups excluding carboxylic acids is 1. The van der Waals surface area contributed by atoms with Gasteiger partial charge < -0.3 is 10.1 Å². The van der Waals surface area contributed by atoms with Crippen LogP contribution >= 0.6 is 15.9 Å². The lowest BCUT2D eigenvalue weighted by atomic mass is 10.1. The number of hydrogen-bond donors (Lipinski definition) is 1. The van der Waals surface area contributed by atoms with Crippen LogP contribution in [0.4, 0.5) is 4.79 Å². The molecule has 18 heavy (non-hydrogen) atoms. The van der Waals surface area contributed by atoms with E-state index >= 15 is 0 Å². The number of carbonyl (C=O) groups is 1. The number of benzene rings is 1. The molecular formula is C14H18BrNO2. The van der Waals surface area contributed by atoms with E-state index in [1.807, 2.05) is 31.2 Å². The van der Waals surface area contributed by atoms with Crippen LogP contribution in [0.1, 0.15) is 44.2 Å². The molecule has 0 radical (unpaired) electrons. The van der Waals surface area contributed by atoms with Crippen molar-refractivity contribution >= 4 is 22.0 Å². The van der Waals surface area contributed by atoms with E-state index in [-0.39, 0.29) is 18.2 Å². The Balaban J connectivity index is 1.84. The van der Waals surface area contributed by atoms with Crippen molar-refractivity contribution in [3.05, 3.63) is 34.3 Å². The predicted molar refractivity (Wildman–Crippen MR) is 74.4 cm³/mol. The first kappa shape index (κ1) is 13.4. The minimum atomic E-state index is -0.308. The lowest BCUT2D eigenvalue weighted by molar-refractivity contribution is 0.0984. The molecule has 98 valence electrons. The fraction of sp³-hybridized carbons (Fsp3) is 0.500. The van der Waals surface area contributed by atoms with Crippen molar-refractivity contribution in [2.75, 3.05) is 0 Å². The van der Waals surface area contributed by atoms with E-state index in [4.69, 9.17) is 4.74 Å². The lowest BCUT2D eigenvalue weighted by Gasteiger charge is -2.17. The van der Waals surface area contributed by atoms with Crippen molar-refractivity contribution in [3.63, 3.8) is 0 Å². The lowest BCUT2D eigenvalue weighted by Crippen LogP contribution is -2.30. The van der Waals surface area contributed by atoms with Crippen LogP contribution in [0.25, 0.3) is 0 Å². The maximum atomic E-state index is 11.7. The largest absolute Gasteiger partial charge is 0.446 e. The molecule has 1 N–H and O–H groups in total. The molecule has 1 aliphatic rings. The second-order valence-electron chi connectivity index (χ2n) is 4.73. The quantitative estimate of drug-likeness (QED) is 0.909. The van der Waals surface area contributed by atoms with Crippen LogP contribution < -0.4 is 5.32 Å². The van der Waals surface area contributed by atoms with Gasteiger partial charge in [-0.05, 0) is 50.3 Å². The number of hydrogen-bond acceptors (Lipinski definition) is 2. The molecule has 0 heterocycles. The Morgan fingerprint density at radius 2 is 1.94 bits per heavy atom. The van der Waals surface area contributed by atoms with Crippen LogP contribution in [0.2, 0.25) is 0 Å². The fourth-order valence-corrected chi connectivity index (χ4v) is 2.47. The van der Waals surface area contributed by atoms with Gasteiger partial charge in [0.05, 0.1) is 6.04 Å². The van der Waals surface area contributed by atoms with E-state index < -0.39 is 0 Å². The number of ether oxygens (including phenoxy) is 1. The molecule has 1 amide bonds. The molecular weight excluding hydrogens is 294 g/mol. The number of alkyl carbamates (subject to hydrolysis) is 1. The molecule has 1 atom stereocenters. The molecule has 0 unspecified atom stereocenters. The molecule has 0 aliphatic heterocycles. The summed E-state index contributed by atoms with van der Waals surface area (Å²) in [6.45, 7) is 1.96. The van der Waals surface area contributed by atoms with Gasteiger partial charge in [0.1, 0.15) is 6.10 Å². The summed E-state index contributed by atoms with van der Waals surface area (Å²) in [5.74, 6) is 0. The zero-order valence-electron chi connectivity index (χ0n) is 10.5. The Morgan fingerprint density at radius 1 is 1.33 bits per heavy atom. The molecule has 1 aromatic carbocycles. The Hall–Kier alpha value is -1.03. The summed E-state index contributed by atoms with van der Waals surface area (Å²) in [5, 5.41) is 2.87. The normalized spacial score (nSPS) is 17.4. The first-order valence-corrected chi connectivity index (χ1v) is 7.17. The van der Waals surface area contributed by atoms with Crippen molar-refractivity contribution in [1.29, 1.82) is 0 Å². The van der Waals surface area contributed by atoms with E-state index in [0.717, 1.165) is 22.9 Å². The van der Waals surface area contributed by atoms with Crippen molar-refractivity contribution < 1.29 is 9.53 Å². The molecule has 4 heteroatoms. The molecule has 0 spiro atoms. The van der Waals surface area contributed by atoms with E-state index in [0.29, 0.717) is 0 Å². The average Bonchev–Trinajstić information content (AvgIpc) is 2.82. The number of nitrogens with one attached hydrogen (secondary N) is 1. The highest BCUT2D eigenvalue weighted by Gasteiger charge is 2.20. The molecule has 0 aromatic heterocycles. The van der Waals surface area contributed by atoms with Gasteiger partial charge in [-0.3, -0.25) is 0 Å². The maximum absolute atomic E-state index is 11.7. The van der Waals surface area contributed by atoms with Crippen molar-refractivity contribution in [3.8, 4) is 0 Å². The average molecular weight is 312 g/mol. The molecule has 3 nitrogen and oxygen atoms in total.